The Balaban J connectivity index is 0.000000159. The van der Waals surface area contributed by atoms with Crippen LogP contribution in [0.4, 0.5) is 16.2 Å². The Morgan fingerprint density at radius 2 is 0.977 bits per heavy atom. The molecule has 4 aliphatic rings. The van der Waals surface area contributed by atoms with Gasteiger partial charge in [-0.1, -0.05) is 168 Å². The molecule has 2 unspecified atom stereocenters. The number of benzene rings is 6. The quantitative estimate of drug-likeness (QED) is 0.0952. The number of para-hydroxylation sites is 2. The highest BCUT2D eigenvalue weighted by Crippen LogP contribution is 2.43. The van der Waals surface area contributed by atoms with Gasteiger partial charge in [-0.2, -0.15) is 0 Å². The molecule has 0 aliphatic carbocycles. The average molecular weight is 1180 g/mol. The molecule has 13 rings (SSSR count). The summed E-state index contributed by atoms with van der Waals surface area (Å²) in [6.45, 7) is 12.1. The Morgan fingerprint density at radius 3 is 1.40 bits per heavy atom. The second-order valence-electron chi connectivity index (χ2n) is 21.7. The minimum Gasteiger partial charge on any atom is -0.445 e. The number of hydrogen-bond donors (Lipinski definition) is 1. The van der Waals surface area contributed by atoms with Gasteiger partial charge in [-0.15, -0.1) is 15.3 Å². The molecular formula is C67H70N14O7. The molecule has 6 aromatic carbocycles. The molecule has 2 atom stereocenters. The van der Waals surface area contributed by atoms with E-state index >= 15 is 0 Å². The SMILES string of the molecule is CCCn1cc(C)nn1.CCCn1nnc2c1-c1ccccc1C(=O)N(CC1CC(c3ccc(COC(=O)NC)cc3)=NO1)c1ccccc1-2.CCCn1nnc2c1-c1ccccc1C(=O)N(CC1CC(c3ccc(COC)cc3)=NO1)c1ccccc1-2. The summed E-state index contributed by atoms with van der Waals surface area (Å²) in [7, 11) is 3.21. The molecule has 0 saturated carbocycles. The van der Waals surface area contributed by atoms with Gasteiger partial charge in [0.05, 0.1) is 59.6 Å². The van der Waals surface area contributed by atoms with Crippen molar-refractivity contribution in [2.45, 2.75) is 105 Å². The van der Waals surface area contributed by atoms with Gasteiger partial charge in [-0.25, -0.2) is 14.2 Å². The number of fused-ring (bicyclic) bond motifs is 10. The molecule has 0 saturated heterocycles. The summed E-state index contributed by atoms with van der Waals surface area (Å²) < 4.78 is 16.0. The van der Waals surface area contributed by atoms with Crippen LogP contribution in [0.3, 0.4) is 0 Å². The lowest BCUT2D eigenvalue weighted by atomic mass is 9.94. The lowest BCUT2D eigenvalue weighted by Gasteiger charge is -2.29. The predicted molar refractivity (Wildman–Crippen MR) is 336 cm³/mol. The summed E-state index contributed by atoms with van der Waals surface area (Å²) in [4.78, 5) is 55.0. The van der Waals surface area contributed by atoms with Gasteiger partial charge in [0, 0.05) is 86.2 Å². The number of ether oxygens (including phenoxy) is 2. The van der Waals surface area contributed by atoms with Gasteiger partial charge in [0.25, 0.3) is 11.8 Å². The molecule has 3 amide bonds. The van der Waals surface area contributed by atoms with E-state index in [2.05, 4.69) is 67.3 Å². The maximum absolute atomic E-state index is 14.2. The maximum Gasteiger partial charge on any atom is 0.407 e. The Hall–Kier alpha value is -10.2. The number of alkyl carbamates (subject to hydrolysis) is 1. The zero-order valence-electron chi connectivity index (χ0n) is 50.2. The number of oxime groups is 2. The second-order valence-corrected chi connectivity index (χ2v) is 21.7. The van der Waals surface area contributed by atoms with Crippen molar-refractivity contribution in [2.24, 2.45) is 10.3 Å². The Labute approximate surface area is 510 Å². The highest BCUT2D eigenvalue weighted by Gasteiger charge is 2.37. The van der Waals surface area contributed by atoms with Gasteiger partial charge >= 0.3 is 6.09 Å². The molecule has 0 radical (unpaired) electrons. The van der Waals surface area contributed by atoms with E-state index in [1.165, 1.54) is 7.05 Å². The second kappa shape index (κ2) is 27.5. The van der Waals surface area contributed by atoms with Crippen LogP contribution in [-0.2, 0) is 52.0 Å². The normalized spacial score (nSPS) is 15.2. The van der Waals surface area contributed by atoms with Crippen LogP contribution in [-0.4, -0.2) is 114 Å². The smallest absolute Gasteiger partial charge is 0.407 e. The predicted octanol–water partition coefficient (Wildman–Crippen LogP) is 11.3. The van der Waals surface area contributed by atoms with Crippen molar-refractivity contribution in [2.75, 3.05) is 37.0 Å². The van der Waals surface area contributed by atoms with Gasteiger partial charge in [0.2, 0.25) is 0 Å². The largest absolute Gasteiger partial charge is 0.445 e. The third kappa shape index (κ3) is 12.9. The Morgan fingerprint density at radius 1 is 0.545 bits per heavy atom. The summed E-state index contributed by atoms with van der Waals surface area (Å²) in [6.07, 6.45) is 4.93. The third-order valence-electron chi connectivity index (χ3n) is 15.4. The number of nitrogens with zero attached hydrogens (tertiary/aromatic N) is 13. The van der Waals surface area contributed by atoms with Crippen molar-refractivity contribution in [1.82, 2.24) is 50.3 Å². The molecule has 21 nitrogen and oxygen atoms in total. The van der Waals surface area contributed by atoms with E-state index in [0.29, 0.717) is 50.2 Å². The molecule has 0 spiro atoms. The fourth-order valence-electron chi connectivity index (χ4n) is 11.2. The molecule has 9 aromatic rings. The molecule has 450 valence electrons. The standard InChI is InChI=1S/C31H30N6O4.C30H29N5O3.C6H11N3/c1-3-16-37-29-23-8-4-5-9-24(23)30(38)36(27-11-7-6-10-25(27)28(29)33-35-37)18-22-17-26(34-41-22)21-14-12-20(13-15-21)19-40-31(39)32-2;1-3-16-35-29-23-8-4-5-9-24(23)30(36)34(27-11-7-6-10-25(27)28(29)31-33-35)18-22-17-26(32-38-22)21-14-12-20(13-15-21)19-37-2;1-3-4-9-5-6(2)7-8-9/h4-15,22H,3,16-19H2,1-2H3,(H,32,39);4-15,22H,3,16-19H2,1-2H3;5H,3-4H2,1-2H3. The number of nitrogens with one attached hydrogen (secondary N) is 1. The number of hydrogen-bond acceptors (Lipinski definition) is 15. The molecule has 0 fully saturated rings. The summed E-state index contributed by atoms with van der Waals surface area (Å²) in [6, 6.07) is 46.8. The van der Waals surface area contributed by atoms with E-state index < -0.39 is 6.09 Å². The van der Waals surface area contributed by atoms with Crippen molar-refractivity contribution in [3.8, 4) is 45.0 Å². The van der Waals surface area contributed by atoms with Crippen LogP contribution < -0.4 is 15.1 Å². The fourth-order valence-corrected chi connectivity index (χ4v) is 11.2. The molecule has 1 N–H and O–H groups in total. The van der Waals surface area contributed by atoms with Gasteiger partial charge in [-0.05, 0) is 72.7 Å². The van der Waals surface area contributed by atoms with Crippen molar-refractivity contribution in [3.63, 3.8) is 0 Å². The number of aryl methyl sites for hydroxylation is 4. The van der Waals surface area contributed by atoms with E-state index in [4.69, 9.17) is 19.1 Å². The van der Waals surface area contributed by atoms with E-state index in [1.54, 1.807) is 16.9 Å². The van der Waals surface area contributed by atoms with Gasteiger partial charge in [-0.3, -0.25) is 14.3 Å². The molecule has 7 heterocycles. The Kier molecular flexibility index (Phi) is 18.6. The van der Waals surface area contributed by atoms with Gasteiger partial charge in [0.15, 0.2) is 12.2 Å². The monoisotopic (exact) mass is 1180 g/mol. The summed E-state index contributed by atoms with van der Waals surface area (Å²) in [5.41, 5.74) is 16.0. The van der Waals surface area contributed by atoms with Crippen LogP contribution >= 0.6 is 0 Å². The van der Waals surface area contributed by atoms with Crippen LogP contribution in [0.2, 0.25) is 0 Å². The lowest BCUT2D eigenvalue weighted by molar-refractivity contribution is 0.0817. The topological polar surface area (TPSA) is 223 Å². The highest BCUT2D eigenvalue weighted by molar-refractivity contribution is 6.15. The fraction of sp³-hybridized carbons (Fsp3) is 0.299. The molecule has 4 aliphatic heterocycles. The van der Waals surface area contributed by atoms with Crippen LogP contribution in [0.15, 0.2) is 162 Å². The van der Waals surface area contributed by atoms with Gasteiger partial charge < -0.3 is 34.3 Å². The van der Waals surface area contributed by atoms with E-state index in [-0.39, 0.29) is 30.6 Å². The minimum absolute atomic E-state index is 0.0797. The number of methoxy groups -OCH3 is 1. The number of anilines is 2. The zero-order valence-corrected chi connectivity index (χ0v) is 50.2. The zero-order chi connectivity index (χ0) is 61.1. The number of amides is 3. The molecule has 3 aromatic heterocycles. The van der Waals surface area contributed by atoms with Crippen LogP contribution in [0.5, 0.6) is 0 Å². The molecule has 88 heavy (non-hydrogen) atoms. The lowest BCUT2D eigenvalue weighted by Crippen LogP contribution is -2.39. The van der Waals surface area contributed by atoms with Gasteiger partial charge in [0.1, 0.15) is 18.0 Å². The van der Waals surface area contributed by atoms with Crippen LogP contribution in [0.1, 0.15) is 102 Å². The minimum atomic E-state index is -0.477. The van der Waals surface area contributed by atoms with E-state index in [1.807, 2.05) is 173 Å². The third-order valence-corrected chi connectivity index (χ3v) is 15.4. The van der Waals surface area contributed by atoms with Crippen molar-refractivity contribution < 1.29 is 33.5 Å². The molecule has 0 bridgehead atoms. The molecule has 21 heteroatoms. The van der Waals surface area contributed by atoms with Crippen molar-refractivity contribution >= 4 is 40.7 Å². The first-order chi connectivity index (χ1) is 43.1. The number of aromatic nitrogens is 9. The first-order valence-electron chi connectivity index (χ1n) is 29.8. The maximum atomic E-state index is 14.2. The van der Waals surface area contributed by atoms with Crippen molar-refractivity contribution in [3.05, 3.63) is 191 Å². The van der Waals surface area contributed by atoms with Crippen molar-refractivity contribution in [1.29, 1.82) is 0 Å². The number of carbonyl (C=O) groups is 3. The Bertz CT molecular complexity index is 4000. The summed E-state index contributed by atoms with van der Waals surface area (Å²) in [5, 5.41) is 37.0. The summed E-state index contributed by atoms with van der Waals surface area (Å²) >= 11 is 0. The van der Waals surface area contributed by atoms with Crippen LogP contribution in [0, 0.1) is 6.92 Å². The highest BCUT2D eigenvalue weighted by atomic mass is 16.6. The number of carbonyl (C=O) groups excluding carboxylic acids is 3. The van der Waals surface area contributed by atoms with E-state index in [9.17, 15) is 14.4 Å². The van der Waals surface area contributed by atoms with Crippen LogP contribution in [0.25, 0.3) is 45.0 Å². The molecular weight excluding hydrogens is 1110 g/mol. The van der Waals surface area contributed by atoms with E-state index in [0.717, 1.165) is 128 Å². The average Bonchev–Trinajstić information content (AvgIpc) is 2.74. The summed E-state index contributed by atoms with van der Waals surface area (Å²) in [5.74, 6) is -0.190. The number of rotatable bonds is 16. The first kappa shape index (κ1) is 59.6. The first-order valence-corrected chi connectivity index (χ1v) is 29.8.